The number of aliphatic carboxylic acids is 1. The van der Waals surface area contributed by atoms with Gasteiger partial charge < -0.3 is 15.3 Å². The molecule has 0 radical (unpaired) electrons. The Labute approximate surface area is 134 Å². The molecule has 3 rings (SSSR count). The number of urea groups is 1. The molecular formula is C17H21FN2O3. The molecule has 124 valence electrons. The largest absolute Gasteiger partial charge is 0.481 e. The van der Waals surface area contributed by atoms with Gasteiger partial charge in [0.25, 0.3) is 0 Å². The fraction of sp³-hybridized carbons (Fsp3) is 0.529. The van der Waals surface area contributed by atoms with Gasteiger partial charge in [0.05, 0.1) is 5.92 Å². The Hall–Kier alpha value is -2.11. The smallest absolute Gasteiger partial charge is 0.317 e. The molecule has 2 amide bonds. The first-order chi connectivity index (χ1) is 11.0. The summed E-state index contributed by atoms with van der Waals surface area (Å²) in [5.41, 5.74) is 0.791. The number of carbonyl (C=O) groups is 2. The summed E-state index contributed by atoms with van der Waals surface area (Å²) >= 11 is 0. The minimum absolute atomic E-state index is 0.142. The fourth-order valence-electron chi connectivity index (χ4n) is 3.22. The maximum atomic E-state index is 13.4. The van der Waals surface area contributed by atoms with E-state index in [4.69, 9.17) is 5.11 Å². The molecular weight excluding hydrogens is 299 g/mol. The molecule has 1 saturated carbocycles. The van der Waals surface area contributed by atoms with Gasteiger partial charge in [-0.15, -0.1) is 0 Å². The topological polar surface area (TPSA) is 69.6 Å². The third-order valence-corrected chi connectivity index (χ3v) is 5.00. The fourth-order valence-corrected chi connectivity index (χ4v) is 3.22. The number of nitrogens with zero attached hydrogens (tertiary/aromatic N) is 1. The number of carboxylic acid groups (broad SMARTS) is 1. The maximum absolute atomic E-state index is 13.4. The Morgan fingerprint density at radius 2 is 2.00 bits per heavy atom. The lowest BCUT2D eigenvalue weighted by molar-refractivity contribution is -0.143. The number of piperidine rings is 1. The van der Waals surface area contributed by atoms with E-state index < -0.39 is 5.97 Å². The molecule has 23 heavy (non-hydrogen) atoms. The van der Waals surface area contributed by atoms with Crippen molar-refractivity contribution in [2.75, 3.05) is 19.6 Å². The monoisotopic (exact) mass is 320 g/mol. The van der Waals surface area contributed by atoms with Crippen molar-refractivity contribution < 1.29 is 19.1 Å². The van der Waals surface area contributed by atoms with Crippen LogP contribution in [-0.2, 0) is 10.2 Å². The van der Waals surface area contributed by atoms with E-state index in [-0.39, 0.29) is 23.2 Å². The van der Waals surface area contributed by atoms with Crippen LogP contribution in [0.5, 0.6) is 0 Å². The lowest BCUT2D eigenvalue weighted by atomic mass is 9.95. The second-order valence-corrected chi connectivity index (χ2v) is 6.55. The number of halogens is 1. The van der Waals surface area contributed by atoms with Crippen LogP contribution < -0.4 is 5.32 Å². The van der Waals surface area contributed by atoms with Gasteiger partial charge in [0, 0.05) is 25.0 Å². The molecule has 1 aliphatic carbocycles. The van der Waals surface area contributed by atoms with Crippen LogP contribution in [0, 0.1) is 11.7 Å². The number of hydrogen-bond donors (Lipinski definition) is 2. The zero-order valence-corrected chi connectivity index (χ0v) is 12.9. The number of hydrogen-bond acceptors (Lipinski definition) is 2. The Morgan fingerprint density at radius 3 is 2.57 bits per heavy atom. The Kier molecular flexibility index (Phi) is 4.24. The minimum Gasteiger partial charge on any atom is -0.481 e. The van der Waals surface area contributed by atoms with Crippen LogP contribution in [0.3, 0.4) is 0 Å². The van der Waals surface area contributed by atoms with Gasteiger partial charge in [0.1, 0.15) is 5.82 Å². The summed E-state index contributed by atoms with van der Waals surface area (Å²) in [6.07, 6.45) is 2.88. The van der Waals surface area contributed by atoms with E-state index in [1.54, 1.807) is 11.0 Å². The summed E-state index contributed by atoms with van der Waals surface area (Å²) in [4.78, 5) is 24.8. The molecule has 1 heterocycles. The number of carboxylic acids is 1. The average molecular weight is 320 g/mol. The number of carbonyl (C=O) groups excluding carboxylic acids is 1. The van der Waals surface area contributed by atoms with Crippen molar-refractivity contribution >= 4 is 12.0 Å². The first-order valence-corrected chi connectivity index (χ1v) is 8.02. The van der Waals surface area contributed by atoms with Gasteiger partial charge in [0.2, 0.25) is 0 Å². The molecule has 0 bridgehead atoms. The number of likely N-dealkylation sites (tertiary alicyclic amines) is 1. The van der Waals surface area contributed by atoms with Gasteiger partial charge in [-0.1, -0.05) is 12.1 Å². The second-order valence-electron chi connectivity index (χ2n) is 6.55. The Morgan fingerprint density at radius 1 is 1.30 bits per heavy atom. The highest BCUT2D eigenvalue weighted by molar-refractivity contribution is 5.75. The van der Waals surface area contributed by atoms with E-state index in [9.17, 15) is 14.0 Å². The quantitative estimate of drug-likeness (QED) is 0.895. The van der Waals surface area contributed by atoms with Gasteiger partial charge in [-0.2, -0.15) is 0 Å². The van der Waals surface area contributed by atoms with E-state index in [2.05, 4.69) is 5.32 Å². The average Bonchev–Trinajstić information content (AvgIpc) is 3.34. The van der Waals surface area contributed by atoms with Gasteiger partial charge in [-0.25, -0.2) is 9.18 Å². The molecule has 6 heteroatoms. The predicted octanol–water partition coefficient (Wildman–Crippen LogP) is 2.36. The summed E-state index contributed by atoms with van der Waals surface area (Å²) in [7, 11) is 0. The highest BCUT2D eigenvalue weighted by Crippen LogP contribution is 2.47. The second kappa shape index (κ2) is 6.18. The van der Waals surface area contributed by atoms with Crippen molar-refractivity contribution in [2.24, 2.45) is 5.92 Å². The third kappa shape index (κ3) is 3.46. The highest BCUT2D eigenvalue weighted by atomic mass is 19.1. The van der Waals surface area contributed by atoms with E-state index in [0.29, 0.717) is 32.5 Å². The first-order valence-electron chi connectivity index (χ1n) is 8.02. The van der Waals surface area contributed by atoms with E-state index in [0.717, 1.165) is 18.4 Å². The van der Waals surface area contributed by atoms with Crippen molar-refractivity contribution in [3.8, 4) is 0 Å². The number of nitrogens with one attached hydrogen (secondary N) is 1. The molecule has 1 aromatic carbocycles. The molecule has 2 N–H and O–H groups in total. The van der Waals surface area contributed by atoms with Crippen molar-refractivity contribution in [3.05, 3.63) is 35.6 Å². The summed E-state index contributed by atoms with van der Waals surface area (Å²) in [6, 6.07) is 6.41. The molecule has 1 aromatic rings. The molecule has 1 saturated heterocycles. The van der Waals surface area contributed by atoms with Gasteiger partial charge in [-0.05, 0) is 43.4 Å². The molecule has 0 spiro atoms. The molecule has 5 nitrogen and oxygen atoms in total. The predicted molar refractivity (Wildman–Crippen MR) is 82.6 cm³/mol. The number of benzene rings is 1. The zero-order valence-electron chi connectivity index (χ0n) is 12.9. The maximum Gasteiger partial charge on any atom is 0.317 e. The van der Waals surface area contributed by atoms with Crippen LogP contribution in [0.15, 0.2) is 24.3 Å². The van der Waals surface area contributed by atoms with E-state index >= 15 is 0 Å². The molecule has 0 atom stereocenters. The van der Waals surface area contributed by atoms with E-state index in [1.807, 2.05) is 6.07 Å². The standard InChI is InChI=1S/C17H21FN2O3/c18-14-3-1-2-13(10-14)17(6-7-17)11-19-16(23)20-8-4-12(5-9-20)15(21)22/h1-3,10,12H,4-9,11H2,(H,19,23)(H,21,22). The van der Waals surface area contributed by atoms with Gasteiger partial charge >= 0.3 is 12.0 Å². The third-order valence-electron chi connectivity index (χ3n) is 5.00. The molecule has 0 unspecified atom stereocenters. The molecule has 2 aliphatic rings. The number of rotatable bonds is 4. The normalized spacial score (nSPS) is 20.1. The van der Waals surface area contributed by atoms with Crippen LogP contribution in [0.25, 0.3) is 0 Å². The lowest BCUT2D eigenvalue weighted by Gasteiger charge is -2.30. The van der Waals surface area contributed by atoms with Crippen molar-refractivity contribution in [1.82, 2.24) is 10.2 Å². The van der Waals surface area contributed by atoms with Crippen molar-refractivity contribution in [1.29, 1.82) is 0 Å². The molecule has 0 aromatic heterocycles. The Balaban J connectivity index is 1.53. The summed E-state index contributed by atoms with van der Waals surface area (Å²) in [5, 5.41) is 11.9. The lowest BCUT2D eigenvalue weighted by Crippen LogP contribution is -2.47. The van der Waals surface area contributed by atoms with Crippen LogP contribution in [-0.4, -0.2) is 41.6 Å². The van der Waals surface area contributed by atoms with Crippen LogP contribution in [0.2, 0.25) is 0 Å². The summed E-state index contributed by atoms with van der Waals surface area (Å²) in [6.45, 7) is 1.43. The first kappa shape index (κ1) is 15.8. The summed E-state index contributed by atoms with van der Waals surface area (Å²) < 4.78 is 13.4. The Bertz CT molecular complexity index is 608. The van der Waals surface area contributed by atoms with Crippen LogP contribution >= 0.6 is 0 Å². The van der Waals surface area contributed by atoms with Crippen LogP contribution in [0.4, 0.5) is 9.18 Å². The SMILES string of the molecule is O=C(O)C1CCN(C(=O)NCC2(c3cccc(F)c3)CC2)CC1. The van der Waals surface area contributed by atoms with E-state index in [1.165, 1.54) is 12.1 Å². The molecule has 2 fully saturated rings. The number of amides is 2. The zero-order chi connectivity index (χ0) is 16.4. The van der Waals surface area contributed by atoms with Gasteiger partial charge in [-0.3, -0.25) is 4.79 Å². The van der Waals surface area contributed by atoms with Crippen LogP contribution in [0.1, 0.15) is 31.2 Å². The highest BCUT2D eigenvalue weighted by Gasteiger charge is 2.44. The summed E-state index contributed by atoms with van der Waals surface area (Å²) in [5.74, 6) is -1.38. The van der Waals surface area contributed by atoms with Crippen molar-refractivity contribution in [2.45, 2.75) is 31.1 Å². The van der Waals surface area contributed by atoms with Crippen molar-refractivity contribution in [3.63, 3.8) is 0 Å². The minimum atomic E-state index is -0.784. The van der Waals surface area contributed by atoms with Gasteiger partial charge in [0.15, 0.2) is 0 Å². The molecule has 1 aliphatic heterocycles.